The summed E-state index contributed by atoms with van der Waals surface area (Å²) in [6.45, 7) is 6.57. The van der Waals surface area contributed by atoms with Gasteiger partial charge in [-0.1, -0.05) is 25.1 Å². The van der Waals surface area contributed by atoms with Gasteiger partial charge in [0.25, 0.3) is 11.8 Å². The first-order valence-electron chi connectivity index (χ1n) is 9.52. The molecule has 6 nitrogen and oxygen atoms in total. The van der Waals surface area contributed by atoms with E-state index in [1.165, 1.54) is 0 Å². The standard InChI is InChI=1S/C22H26N2O4/c1-4-9-23-22(26)20-13-24(18-7-5-6-8-19(18)28-20)21(25)14-27-17-11-15(2)10-16(3)12-17/h5-8,10-12,20H,4,9,13-14H2,1-3H3,(H,23,26)/t20-/m1/s1. The zero-order valence-electron chi connectivity index (χ0n) is 16.5. The highest BCUT2D eigenvalue weighted by molar-refractivity contribution is 5.98. The summed E-state index contributed by atoms with van der Waals surface area (Å²) in [5.41, 5.74) is 2.80. The van der Waals surface area contributed by atoms with Gasteiger partial charge in [-0.15, -0.1) is 0 Å². The summed E-state index contributed by atoms with van der Waals surface area (Å²) in [6, 6.07) is 13.1. The molecule has 1 N–H and O–H groups in total. The van der Waals surface area contributed by atoms with Crippen LogP contribution in [-0.2, 0) is 9.59 Å². The number of hydrogen-bond donors (Lipinski definition) is 1. The van der Waals surface area contributed by atoms with Gasteiger partial charge in [0.2, 0.25) is 0 Å². The van der Waals surface area contributed by atoms with Crippen molar-refractivity contribution in [3.63, 3.8) is 0 Å². The number of amides is 2. The minimum absolute atomic E-state index is 0.111. The lowest BCUT2D eigenvalue weighted by molar-refractivity contribution is -0.128. The first-order chi connectivity index (χ1) is 13.5. The second kappa shape index (κ2) is 8.78. The van der Waals surface area contributed by atoms with Crippen LogP contribution in [0.25, 0.3) is 0 Å². The zero-order chi connectivity index (χ0) is 20.1. The fourth-order valence-electron chi connectivity index (χ4n) is 3.21. The molecule has 0 aliphatic carbocycles. The highest BCUT2D eigenvalue weighted by Gasteiger charge is 2.33. The van der Waals surface area contributed by atoms with E-state index >= 15 is 0 Å². The van der Waals surface area contributed by atoms with Gasteiger partial charge in [0.05, 0.1) is 12.2 Å². The number of anilines is 1. The SMILES string of the molecule is CCCNC(=O)[C@H]1CN(C(=O)COc2cc(C)cc(C)c2)c2ccccc2O1. The van der Waals surface area contributed by atoms with E-state index in [4.69, 9.17) is 9.47 Å². The Morgan fingerprint density at radius 2 is 1.89 bits per heavy atom. The molecule has 2 aromatic carbocycles. The van der Waals surface area contributed by atoms with Crippen LogP contribution in [0.5, 0.6) is 11.5 Å². The predicted molar refractivity (Wildman–Crippen MR) is 108 cm³/mol. The monoisotopic (exact) mass is 382 g/mol. The maximum absolute atomic E-state index is 12.9. The highest BCUT2D eigenvalue weighted by Crippen LogP contribution is 2.33. The zero-order valence-corrected chi connectivity index (χ0v) is 16.5. The van der Waals surface area contributed by atoms with Crippen molar-refractivity contribution in [3.8, 4) is 11.5 Å². The van der Waals surface area contributed by atoms with Gasteiger partial charge >= 0.3 is 0 Å². The largest absolute Gasteiger partial charge is 0.484 e. The first-order valence-corrected chi connectivity index (χ1v) is 9.52. The van der Waals surface area contributed by atoms with Crippen LogP contribution in [0.4, 0.5) is 5.69 Å². The quantitative estimate of drug-likeness (QED) is 0.834. The molecular formula is C22H26N2O4. The molecule has 1 atom stereocenters. The summed E-state index contributed by atoms with van der Waals surface area (Å²) >= 11 is 0. The van der Waals surface area contributed by atoms with E-state index in [2.05, 4.69) is 5.32 Å². The first kappa shape index (κ1) is 19.7. The summed E-state index contributed by atoms with van der Waals surface area (Å²) in [5.74, 6) is 0.738. The molecule has 0 saturated carbocycles. The van der Waals surface area contributed by atoms with Crippen LogP contribution in [0.15, 0.2) is 42.5 Å². The molecule has 1 heterocycles. The van der Waals surface area contributed by atoms with Gasteiger partial charge in [-0.25, -0.2) is 0 Å². The second-order valence-corrected chi connectivity index (χ2v) is 6.98. The number of carbonyl (C=O) groups is 2. The lowest BCUT2D eigenvalue weighted by atomic mass is 10.1. The van der Waals surface area contributed by atoms with Crippen molar-refractivity contribution in [1.29, 1.82) is 0 Å². The molecule has 2 amide bonds. The fourth-order valence-corrected chi connectivity index (χ4v) is 3.21. The van der Waals surface area contributed by atoms with Gasteiger partial charge in [0.15, 0.2) is 12.7 Å². The Hall–Kier alpha value is -3.02. The Kier molecular flexibility index (Phi) is 6.19. The maximum atomic E-state index is 12.9. The molecule has 28 heavy (non-hydrogen) atoms. The lowest BCUT2D eigenvalue weighted by Gasteiger charge is -2.34. The Labute approximate surface area is 165 Å². The van der Waals surface area contributed by atoms with Gasteiger partial charge in [-0.05, 0) is 55.7 Å². The van der Waals surface area contributed by atoms with Crippen LogP contribution in [-0.4, -0.2) is 37.6 Å². The number of fused-ring (bicyclic) bond motifs is 1. The number of aryl methyl sites for hydroxylation is 2. The second-order valence-electron chi connectivity index (χ2n) is 6.98. The van der Waals surface area contributed by atoms with E-state index in [9.17, 15) is 9.59 Å². The molecule has 0 unspecified atom stereocenters. The summed E-state index contributed by atoms with van der Waals surface area (Å²) in [4.78, 5) is 26.9. The number of ether oxygens (including phenoxy) is 2. The van der Waals surface area contributed by atoms with Gasteiger partial charge in [-0.2, -0.15) is 0 Å². The third kappa shape index (κ3) is 4.63. The number of nitrogens with one attached hydrogen (secondary N) is 1. The molecule has 1 aliphatic rings. The average Bonchev–Trinajstić information content (AvgIpc) is 2.68. The van der Waals surface area contributed by atoms with Crippen molar-refractivity contribution in [2.24, 2.45) is 0 Å². The van der Waals surface area contributed by atoms with E-state index in [0.29, 0.717) is 23.7 Å². The molecule has 0 radical (unpaired) electrons. The van der Waals surface area contributed by atoms with Gasteiger partial charge < -0.3 is 19.7 Å². The summed E-state index contributed by atoms with van der Waals surface area (Å²) in [7, 11) is 0. The van der Waals surface area contributed by atoms with Crippen LogP contribution < -0.4 is 19.7 Å². The van der Waals surface area contributed by atoms with Gasteiger partial charge in [0, 0.05) is 6.54 Å². The fraction of sp³-hybridized carbons (Fsp3) is 0.364. The van der Waals surface area contributed by atoms with Crippen LogP contribution in [0.3, 0.4) is 0 Å². The Morgan fingerprint density at radius 3 is 2.61 bits per heavy atom. The molecule has 6 heteroatoms. The van der Waals surface area contributed by atoms with E-state index in [1.807, 2.05) is 57.2 Å². The minimum atomic E-state index is -0.744. The average molecular weight is 382 g/mol. The van der Waals surface area contributed by atoms with Crippen molar-refractivity contribution in [1.82, 2.24) is 5.32 Å². The van der Waals surface area contributed by atoms with Crippen molar-refractivity contribution in [3.05, 3.63) is 53.6 Å². The minimum Gasteiger partial charge on any atom is -0.484 e. The van der Waals surface area contributed by atoms with E-state index in [1.54, 1.807) is 11.0 Å². The molecular weight excluding hydrogens is 356 g/mol. The third-order valence-electron chi connectivity index (χ3n) is 4.47. The molecule has 0 spiro atoms. The molecule has 0 aromatic heterocycles. The van der Waals surface area contributed by atoms with Crippen molar-refractivity contribution in [2.45, 2.75) is 33.3 Å². The highest BCUT2D eigenvalue weighted by atomic mass is 16.5. The number of para-hydroxylation sites is 2. The molecule has 0 bridgehead atoms. The number of carbonyl (C=O) groups excluding carboxylic acids is 2. The maximum Gasteiger partial charge on any atom is 0.265 e. The molecule has 3 rings (SSSR count). The Morgan fingerprint density at radius 1 is 1.18 bits per heavy atom. The third-order valence-corrected chi connectivity index (χ3v) is 4.47. The predicted octanol–water partition coefficient (Wildman–Crippen LogP) is 3.00. The number of benzene rings is 2. The van der Waals surface area contributed by atoms with Crippen LogP contribution in [0.2, 0.25) is 0 Å². The smallest absolute Gasteiger partial charge is 0.265 e. The van der Waals surface area contributed by atoms with E-state index in [0.717, 1.165) is 17.5 Å². The molecule has 1 aliphatic heterocycles. The van der Waals surface area contributed by atoms with E-state index < -0.39 is 6.10 Å². The summed E-state index contributed by atoms with van der Waals surface area (Å²) < 4.78 is 11.5. The number of hydrogen-bond acceptors (Lipinski definition) is 4. The normalized spacial score (nSPS) is 15.4. The number of rotatable bonds is 6. The summed E-state index contributed by atoms with van der Waals surface area (Å²) in [6.07, 6.45) is 0.0909. The van der Waals surface area contributed by atoms with Crippen molar-refractivity contribution < 1.29 is 19.1 Å². The molecule has 0 fully saturated rings. The van der Waals surface area contributed by atoms with Crippen molar-refractivity contribution >= 4 is 17.5 Å². The molecule has 148 valence electrons. The Balaban J connectivity index is 1.74. The van der Waals surface area contributed by atoms with E-state index in [-0.39, 0.29) is 25.0 Å². The molecule has 0 saturated heterocycles. The van der Waals surface area contributed by atoms with Gasteiger partial charge in [-0.3, -0.25) is 9.59 Å². The summed E-state index contributed by atoms with van der Waals surface area (Å²) in [5, 5.41) is 2.83. The van der Waals surface area contributed by atoms with Crippen LogP contribution >= 0.6 is 0 Å². The number of nitrogens with zero attached hydrogens (tertiary/aromatic N) is 1. The topological polar surface area (TPSA) is 67.9 Å². The van der Waals surface area contributed by atoms with Crippen LogP contribution in [0.1, 0.15) is 24.5 Å². The van der Waals surface area contributed by atoms with Crippen LogP contribution in [0, 0.1) is 13.8 Å². The Bertz CT molecular complexity index is 845. The molecule has 2 aromatic rings. The van der Waals surface area contributed by atoms with Crippen molar-refractivity contribution in [2.75, 3.05) is 24.6 Å². The van der Waals surface area contributed by atoms with Gasteiger partial charge in [0.1, 0.15) is 11.5 Å². The lowest BCUT2D eigenvalue weighted by Crippen LogP contribution is -2.51.